The smallest absolute Gasteiger partial charge is 0.235 e. The van der Waals surface area contributed by atoms with Crippen LogP contribution in [0.5, 0.6) is 0 Å². The number of nitrogens with one attached hydrogen (secondary N) is 1. The highest BCUT2D eigenvalue weighted by molar-refractivity contribution is 9.10. The van der Waals surface area contributed by atoms with Gasteiger partial charge in [0.1, 0.15) is 5.66 Å². The Labute approximate surface area is 97.2 Å². The van der Waals surface area contributed by atoms with E-state index in [2.05, 4.69) is 26.2 Å². The van der Waals surface area contributed by atoms with Crippen LogP contribution in [0.3, 0.4) is 0 Å². The van der Waals surface area contributed by atoms with Crippen LogP contribution in [0.4, 0.5) is 0 Å². The van der Waals surface area contributed by atoms with Gasteiger partial charge in [-0.3, -0.25) is 4.79 Å². The molecule has 0 saturated heterocycles. The van der Waals surface area contributed by atoms with E-state index in [0.29, 0.717) is 0 Å². The molecule has 1 fully saturated rings. The van der Waals surface area contributed by atoms with Gasteiger partial charge < -0.3 is 9.88 Å². The second-order valence-electron chi connectivity index (χ2n) is 3.87. The quantitative estimate of drug-likeness (QED) is 0.847. The maximum Gasteiger partial charge on any atom is 0.235 e. The summed E-state index contributed by atoms with van der Waals surface area (Å²) >= 11 is 3.35. The molecule has 1 saturated carbocycles. The van der Waals surface area contributed by atoms with Crippen LogP contribution in [-0.2, 0) is 10.5 Å². The van der Waals surface area contributed by atoms with Crippen molar-refractivity contribution in [3.05, 3.63) is 18.7 Å². The molecule has 2 rings (SSSR count). The number of halogens is 1. The van der Waals surface area contributed by atoms with Crippen molar-refractivity contribution >= 4 is 21.8 Å². The van der Waals surface area contributed by atoms with Crippen LogP contribution < -0.4 is 5.32 Å². The lowest BCUT2D eigenvalue weighted by Gasteiger charge is -2.20. The molecule has 0 spiro atoms. The van der Waals surface area contributed by atoms with Gasteiger partial charge in [0.05, 0.1) is 11.2 Å². The van der Waals surface area contributed by atoms with E-state index < -0.39 is 0 Å². The van der Waals surface area contributed by atoms with Gasteiger partial charge in [0.15, 0.2) is 0 Å². The number of alkyl halides is 1. The third-order valence-corrected chi connectivity index (χ3v) is 3.78. The minimum atomic E-state index is -0.200. The summed E-state index contributed by atoms with van der Waals surface area (Å²) < 4.78 is 1.97. The van der Waals surface area contributed by atoms with Gasteiger partial charge in [-0.25, -0.2) is 4.98 Å². The predicted molar refractivity (Wildman–Crippen MR) is 60.6 cm³/mol. The lowest BCUT2D eigenvalue weighted by molar-refractivity contribution is -0.122. The lowest BCUT2D eigenvalue weighted by Crippen LogP contribution is -2.42. The zero-order chi connectivity index (χ0) is 10.9. The Bertz CT molecular complexity index is 346. The van der Waals surface area contributed by atoms with E-state index in [4.69, 9.17) is 0 Å². The fraction of sp³-hybridized carbons (Fsp3) is 0.600. The zero-order valence-electron chi connectivity index (χ0n) is 8.61. The number of hydrogen-bond acceptors (Lipinski definition) is 2. The van der Waals surface area contributed by atoms with E-state index in [0.717, 1.165) is 19.3 Å². The molecule has 4 nitrogen and oxygen atoms in total. The summed E-state index contributed by atoms with van der Waals surface area (Å²) in [5.74, 6) is 0.0590. The van der Waals surface area contributed by atoms with Crippen molar-refractivity contribution < 1.29 is 4.79 Å². The summed E-state index contributed by atoms with van der Waals surface area (Å²) in [4.78, 5) is 15.6. The van der Waals surface area contributed by atoms with E-state index in [1.165, 1.54) is 0 Å². The molecule has 1 aliphatic carbocycles. The van der Waals surface area contributed by atoms with Crippen LogP contribution in [0.1, 0.15) is 26.2 Å². The summed E-state index contributed by atoms with van der Waals surface area (Å²) in [7, 11) is 0. The summed E-state index contributed by atoms with van der Waals surface area (Å²) in [5.41, 5.74) is -0.200. The number of amides is 1. The molecule has 1 N–H and O–H groups in total. The molecular weight excluding hydrogens is 258 g/mol. The SMILES string of the molecule is CCC(Br)C(=O)NC1(n2ccnc2)CC1. The number of rotatable bonds is 4. The highest BCUT2D eigenvalue weighted by atomic mass is 79.9. The molecule has 1 aromatic rings. The fourth-order valence-electron chi connectivity index (χ4n) is 1.57. The number of imidazole rings is 1. The first-order valence-electron chi connectivity index (χ1n) is 5.12. The summed E-state index contributed by atoms with van der Waals surface area (Å²) in [5, 5.41) is 3.06. The first-order chi connectivity index (χ1) is 7.18. The molecule has 1 unspecified atom stereocenters. The van der Waals surface area contributed by atoms with Gasteiger partial charge in [-0.15, -0.1) is 0 Å². The third-order valence-electron chi connectivity index (χ3n) is 2.72. The lowest BCUT2D eigenvalue weighted by atomic mass is 10.3. The average Bonchev–Trinajstić information content (AvgIpc) is 2.82. The van der Waals surface area contributed by atoms with Crippen molar-refractivity contribution in [2.75, 3.05) is 0 Å². The molecule has 82 valence electrons. The van der Waals surface area contributed by atoms with Crippen molar-refractivity contribution in [2.45, 2.75) is 36.7 Å². The number of hydrogen-bond donors (Lipinski definition) is 1. The second kappa shape index (κ2) is 3.96. The number of nitrogens with zero attached hydrogens (tertiary/aromatic N) is 2. The maximum atomic E-state index is 11.7. The molecule has 1 amide bonds. The van der Waals surface area contributed by atoms with Gasteiger partial charge in [0.25, 0.3) is 0 Å². The van der Waals surface area contributed by atoms with E-state index in [-0.39, 0.29) is 16.4 Å². The van der Waals surface area contributed by atoms with Crippen molar-refractivity contribution in [2.24, 2.45) is 0 Å². The molecule has 1 atom stereocenters. The predicted octanol–water partition coefficient (Wildman–Crippen LogP) is 1.62. The van der Waals surface area contributed by atoms with Crippen molar-refractivity contribution in [1.82, 2.24) is 14.9 Å². The van der Waals surface area contributed by atoms with Crippen LogP contribution in [0.2, 0.25) is 0 Å². The van der Waals surface area contributed by atoms with E-state index in [9.17, 15) is 4.79 Å². The Hall–Kier alpha value is -0.840. The van der Waals surface area contributed by atoms with Crippen molar-refractivity contribution in [3.8, 4) is 0 Å². The molecule has 0 radical (unpaired) electrons. The molecule has 0 aromatic carbocycles. The van der Waals surface area contributed by atoms with Crippen LogP contribution in [0.25, 0.3) is 0 Å². The van der Waals surface area contributed by atoms with Gasteiger partial charge in [0.2, 0.25) is 5.91 Å². The molecular formula is C10H14BrN3O. The molecule has 1 aliphatic rings. The van der Waals surface area contributed by atoms with Crippen LogP contribution in [0.15, 0.2) is 18.7 Å². The topological polar surface area (TPSA) is 46.9 Å². The third kappa shape index (κ3) is 2.07. The Balaban J connectivity index is 2.03. The monoisotopic (exact) mass is 271 g/mol. The van der Waals surface area contributed by atoms with Crippen molar-refractivity contribution in [3.63, 3.8) is 0 Å². The standard InChI is InChI=1S/C10H14BrN3O/c1-2-8(11)9(15)13-10(3-4-10)14-6-5-12-7-14/h5-8H,2-4H2,1H3,(H,13,15). The maximum absolute atomic E-state index is 11.7. The van der Waals surface area contributed by atoms with Crippen LogP contribution >= 0.6 is 15.9 Å². The highest BCUT2D eigenvalue weighted by Crippen LogP contribution is 2.40. The van der Waals surface area contributed by atoms with E-state index in [1.54, 1.807) is 12.5 Å². The van der Waals surface area contributed by atoms with Gasteiger partial charge in [-0.1, -0.05) is 22.9 Å². The summed E-state index contributed by atoms with van der Waals surface area (Å²) in [6, 6.07) is 0. The first-order valence-corrected chi connectivity index (χ1v) is 6.04. The molecule has 15 heavy (non-hydrogen) atoms. The highest BCUT2D eigenvalue weighted by Gasteiger charge is 2.46. The molecule has 1 heterocycles. The summed E-state index contributed by atoms with van der Waals surface area (Å²) in [6.45, 7) is 1.98. The van der Waals surface area contributed by atoms with Gasteiger partial charge in [0, 0.05) is 12.4 Å². The minimum absolute atomic E-state index is 0.0590. The van der Waals surface area contributed by atoms with E-state index in [1.807, 2.05) is 17.7 Å². The first kappa shape index (κ1) is 10.7. The van der Waals surface area contributed by atoms with Gasteiger partial charge >= 0.3 is 0 Å². The number of carbonyl (C=O) groups is 1. The van der Waals surface area contributed by atoms with Gasteiger partial charge in [-0.05, 0) is 19.3 Å². The number of aromatic nitrogens is 2. The molecule has 0 aliphatic heterocycles. The second-order valence-corrected chi connectivity index (χ2v) is 4.97. The Kier molecular flexibility index (Phi) is 2.82. The minimum Gasteiger partial charge on any atom is -0.332 e. The fourth-order valence-corrected chi connectivity index (χ4v) is 1.69. The normalized spacial score (nSPS) is 19.6. The largest absolute Gasteiger partial charge is 0.332 e. The van der Waals surface area contributed by atoms with Gasteiger partial charge in [-0.2, -0.15) is 0 Å². The van der Waals surface area contributed by atoms with Crippen molar-refractivity contribution in [1.29, 1.82) is 0 Å². The van der Waals surface area contributed by atoms with Crippen LogP contribution in [-0.4, -0.2) is 20.3 Å². The Morgan fingerprint density at radius 1 is 1.73 bits per heavy atom. The average molecular weight is 272 g/mol. The van der Waals surface area contributed by atoms with Crippen LogP contribution in [0, 0.1) is 0 Å². The molecule has 0 bridgehead atoms. The Morgan fingerprint density at radius 3 is 2.93 bits per heavy atom. The zero-order valence-corrected chi connectivity index (χ0v) is 10.2. The molecule has 1 aromatic heterocycles. The Morgan fingerprint density at radius 2 is 2.47 bits per heavy atom. The molecule has 5 heteroatoms. The summed E-state index contributed by atoms with van der Waals surface area (Å²) in [6.07, 6.45) is 8.14. The number of carbonyl (C=O) groups excluding carboxylic acids is 1. The van der Waals surface area contributed by atoms with E-state index >= 15 is 0 Å².